The van der Waals surface area contributed by atoms with Crippen LogP contribution in [0.3, 0.4) is 0 Å². The van der Waals surface area contributed by atoms with Gasteiger partial charge < -0.3 is 4.74 Å². The smallest absolute Gasteiger partial charge is 0.209 e. The van der Waals surface area contributed by atoms with Crippen LogP contribution < -0.4 is 5.14 Å². The predicted molar refractivity (Wildman–Crippen MR) is 87.0 cm³/mol. The Hall–Kier alpha value is -0.430. The van der Waals surface area contributed by atoms with Gasteiger partial charge in [-0.25, -0.2) is 13.6 Å². The molecule has 1 heterocycles. The van der Waals surface area contributed by atoms with Gasteiger partial charge in [0.15, 0.2) is 0 Å². The summed E-state index contributed by atoms with van der Waals surface area (Å²) in [5.41, 5.74) is -0.278. The lowest BCUT2D eigenvalue weighted by atomic mass is 9.83. The van der Waals surface area contributed by atoms with Crippen LogP contribution in [0.4, 0.5) is 0 Å². The lowest BCUT2D eigenvalue weighted by Gasteiger charge is -2.31. The second-order valence-electron chi connectivity index (χ2n) is 6.10. The summed E-state index contributed by atoms with van der Waals surface area (Å²) in [7, 11) is -3.46. The zero-order valence-corrected chi connectivity index (χ0v) is 14.1. The van der Waals surface area contributed by atoms with Crippen LogP contribution in [0.15, 0.2) is 17.5 Å². The summed E-state index contributed by atoms with van der Waals surface area (Å²) in [5, 5.41) is 7.36. The van der Waals surface area contributed by atoms with E-state index in [1.807, 2.05) is 6.07 Å². The Bertz CT molecular complexity index is 503. The summed E-state index contributed by atoms with van der Waals surface area (Å²) in [6.07, 6.45) is 7.21. The van der Waals surface area contributed by atoms with E-state index in [0.29, 0.717) is 13.2 Å². The lowest BCUT2D eigenvalue weighted by molar-refractivity contribution is 0.0478. The fourth-order valence-corrected chi connectivity index (χ4v) is 5.07. The number of ether oxygens (including phenoxy) is 1. The molecule has 0 spiro atoms. The third kappa shape index (κ3) is 6.06. The van der Waals surface area contributed by atoms with E-state index in [-0.39, 0.29) is 11.2 Å². The van der Waals surface area contributed by atoms with Crippen molar-refractivity contribution in [2.45, 2.75) is 44.9 Å². The molecule has 4 nitrogen and oxygen atoms in total. The van der Waals surface area contributed by atoms with E-state index in [9.17, 15) is 8.42 Å². The summed E-state index contributed by atoms with van der Waals surface area (Å²) < 4.78 is 29.0. The zero-order valence-electron chi connectivity index (χ0n) is 12.4. The lowest BCUT2D eigenvalue weighted by Crippen LogP contribution is -2.37. The zero-order chi connectivity index (χ0) is 15.2. The average molecular weight is 332 g/mol. The molecule has 1 aliphatic carbocycles. The standard InChI is InChI=1S/C15H25NO3S2/c16-21(17,18)13-15(8-3-1-2-4-9-15)12-19-10-7-14-6-5-11-20-14/h5-6,11H,1-4,7-10,12-13H2,(H2,16,17,18). The maximum absolute atomic E-state index is 11.6. The van der Waals surface area contributed by atoms with Crippen molar-refractivity contribution in [3.63, 3.8) is 0 Å². The van der Waals surface area contributed by atoms with Crippen LogP contribution in [0.5, 0.6) is 0 Å². The van der Waals surface area contributed by atoms with Crippen molar-refractivity contribution in [1.82, 2.24) is 0 Å². The molecule has 0 saturated heterocycles. The first kappa shape index (κ1) is 16.9. The third-order valence-electron chi connectivity index (χ3n) is 4.15. The molecule has 1 aromatic heterocycles. The first-order valence-electron chi connectivity index (χ1n) is 7.60. The van der Waals surface area contributed by atoms with Crippen molar-refractivity contribution < 1.29 is 13.2 Å². The van der Waals surface area contributed by atoms with Crippen molar-refractivity contribution in [3.05, 3.63) is 22.4 Å². The Morgan fingerprint density at radius 3 is 2.52 bits per heavy atom. The largest absolute Gasteiger partial charge is 0.380 e. The van der Waals surface area contributed by atoms with E-state index < -0.39 is 10.0 Å². The van der Waals surface area contributed by atoms with Gasteiger partial charge in [-0.05, 0) is 24.3 Å². The van der Waals surface area contributed by atoms with E-state index in [4.69, 9.17) is 9.88 Å². The molecule has 1 aromatic rings. The Kier molecular flexibility index (Phi) is 6.22. The Labute approximate surface area is 131 Å². The topological polar surface area (TPSA) is 69.4 Å². The summed E-state index contributed by atoms with van der Waals surface area (Å²) in [5.74, 6) is 0.0546. The third-order valence-corrected chi connectivity index (χ3v) is 6.10. The number of rotatable bonds is 7. The van der Waals surface area contributed by atoms with Crippen molar-refractivity contribution in [2.75, 3.05) is 19.0 Å². The Morgan fingerprint density at radius 1 is 1.24 bits per heavy atom. The molecular weight excluding hydrogens is 306 g/mol. The van der Waals surface area contributed by atoms with Crippen LogP contribution in [0.1, 0.15) is 43.4 Å². The minimum absolute atomic E-state index is 0.0546. The minimum Gasteiger partial charge on any atom is -0.380 e. The van der Waals surface area contributed by atoms with Crippen LogP contribution in [0, 0.1) is 5.41 Å². The van der Waals surface area contributed by atoms with Crippen molar-refractivity contribution in [2.24, 2.45) is 10.6 Å². The second-order valence-corrected chi connectivity index (χ2v) is 8.75. The highest BCUT2D eigenvalue weighted by atomic mass is 32.2. The monoisotopic (exact) mass is 331 g/mol. The van der Waals surface area contributed by atoms with Crippen molar-refractivity contribution >= 4 is 21.4 Å². The maximum atomic E-state index is 11.6. The first-order valence-corrected chi connectivity index (χ1v) is 10.2. The van der Waals surface area contributed by atoms with Gasteiger partial charge in [0.2, 0.25) is 10.0 Å². The van der Waals surface area contributed by atoms with Gasteiger partial charge in [-0.2, -0.15) is 0 Å². The van der Waals surface area contributed by atoms with E-state index >= 15 is 0 Å². The fourth-order valence-electron chi connectivity index (χ4n) is 3.15. The van der Waals surface area contributed by atoms with Gasteiger partial charge in [-0.1, -0.05) is 31.7 Å². The molecule has 0 radical (unpaired) electrons. The number of thiophene rings is 1. The number of hydrogen-bond acceptors (Lipinski definition) is 4. The number of nitrogens with two attached hydrogens (primary N) is 1. The van der Waals surface area contributed by atoms with Gasteiger partial charge >= 0.3 is 0 Å². The highest BCUT2D eigenvalue weighted by Crippen LogP contribution is 2.36. The molecule has 21 heavy (non-hydrogen) atoms. The highest BCUT2D eigenvalue weighted by molar-refractivity contribution is 7.89. The SMILES string of the molecule is NS(=O)(=O)CC1(COCCc2cccs2)CCCCCC1. The van der Waals surface area contributed by atoms with E-state index in [1.165, 1.54) is 17.7 Å². The van der Waals surface area contributed by atoms with Gasteiger partial charge in [0.1, 0.15) is 0 Å². The molecule has 0 amide bonds. The second kappa shape index (κ2) is 7.72. The van der Waals surface area contributed by atoms with Crippen LogP contribution >= 0.6 is 11.3 Å². The van der Waals surface area contributed by atoms with Gasteiger partial charge in [0, 0.05) is 16.7 Å². The van der Waals surface area contributed by atoms with E-state index in [2.05, 4.69) is 11.4 Å². The van der Waals surface area contributed by atoms with Crippen LogP contribution in [0.25, 0.3) is 0 Å². The number of primary sulfonamides is 1. The molecule has 0 aromatic carbocycles. The van der Waals surface area contributed by atoms with E-state index in [1.54, 1.807) is 11.3 Å². The molecule has 120 valence electrons. The average Bonchev–Trinajstić information content (AvgIpc) is 2.81. The van der Waals surface area contributed by atoms with Crippen LogP contribution in [-0.2, 0) is 21.2 Å². The van der Waals surface area contributed by atoms with Crippen LogP contribution in [-0.4, -0.2) is 27.4 Å². The fraction of sp³-hybridized carbons (Fsp3) is 0.733. The number of hydrogen-bond donors (Lipinski definition) is 1. The summed E-state index contributed by atoms with van der Waals surface area (Å²) in [4.78, 5) is 1.30. The molecule has 1 saturated carbocycles. The Balaban J connectivity index is 1.88. The Morgan fingerprint density at radius 2 is 1.95 bits per heavy atom. The molecule has 2 N–H and O–H groups in total. The molecule has 0 bridgehead atoms. The summed E-state index contributed by atoms with van der Waals surface area (Å²) in [6.45, 7) is 1.15. The van der Waals surface area contributed by atoms with Crippen molar-refractivity contribution in [3.8, 4) is 0 Å². The summed E-state index contributed by atoms with van der Waals surface area (Å²) >= 11 is 1.73. The van der Waals surface area contributed by atoms with Gasteiger partial charge in [0.05, 0.1) is 19.0 Å². The molecule has 6 heteroatoms. The first-order chi connectivity index (χ1) is 9.99. The van der Waals surface area contributed by atoms with Crippen molar-refractivity contribution in [1.29, 1.82) is 0 Å². The van der Waals surface area contributed by atoms with Gasteiger partial charge in [-0.3, -0.25) is 0 Å². The molecule has 0 aliphatic heterocycles. The molecule has 0 atom stereocenters. The molecule has 1 fully saturated rings. The summed E-state index contributed by atoms with van der Waals surface area (Å²) in [6, 6.07) is 4.13. The quantitative estimate of drug-likeness (QED) is 0.617. The molecule has 0 unspecified atom stereocenters. The highest BCUT2D eigenvalue weighted by Gasteiger charge is 2.35. The number of sulfonamides is 1. The normalized spacial score (nSPS) is 19.3. The predicted octanol–water partition coefficient (Wildman–Crippen LogP) is 2.94. The van der Waals surface area contributed by atoms with Crippen LogP contribution in [0.2, 0.25) is 0 Å². The maximum Gasteiger partial charge on any atom is 0.209 e. The molecular formula is C15H25NO3S2. The molecule has 1 aliphatic rings. The van der Waals surface area contributed by atoms with Gasteiger partial charge in [0.25, 0.3) is 0 Å². The van der Waals surface area contributed by atoms with Gasteiger partial charge in [-0.15, -0.1) is 11.3 Å². The minimum atomic E-state index is -3.46. The molecule has 2 rings (SSSR count). The van der Waals surface area contributed by atoms with E-state index in [0.717, 1.165) is 32.1 Å².